The lowest BCUT2D eigenvalue weighted by atomic mass is 9.93. The molecule has 6 nitrogen and oxygen atoms in total. The molecule has 0 radical (unpaired) electrons. The first-order valence-corrected chi connectivity index (χ1v) is 7.93. The normalized spacial score (nSPS) is 20.8. The summed E-state index contributed by atoms with van der Waals surface area (Å²) in [5.41, 5.74) is 1.04. The molecule has 0 spiro atoms. The van der Waals surface area contributed by atoms with Crippen molar-refractivity contribution < 1.29 is 9.53 Å². The molecule has 122 valence electrons. The first-order chi connectivity index (χ1) is 11.3. The Morgan fingerprint density at radius 3 is 2.91 bits per heavy atom. The van der Waals surface area contributed by atoms with Crippen molar-refractivity contribution >= 4 is 5.91 Å². The minimum atomic E-state index is 0.167. The van der Waals surface area contributed by atoms with E-state index < -0.39 is 0 Å². The third-order valence-electron chi connectivity index (χ3n) is 4.36. The van der Waals surface area contributed by atoms with Gasteiger partial charge < -0.3 is 9.64 Å². The Morgan fingerprint density at radius 2 is 2.22 bits per heavy atom. The Morgan fingerprint density at radius 1 is 1.30 bits per heavy atom. The molecule has 2 aromatic rings. The number of aromatic nitrogens is 3. The van der Waals surface area contributed by atoms with Crippen molar-refractivity contribution in [2.45, 2.75) is 18.9 Å². The van der Waals surface area contributed by atoms with Gasteiger partial charge in [-0.1, -0.05) is 6.07 Å². The Hall–Kier alpha value is -2.21. The van der Waals surface area contributed by atoms with Gasteiger partial charge in [0.25, 0.3) is 0 Å². The molecule has 0 aliphatic carbocycles. The summed E-state index contributed by atoms with van der Waals surface area (Å²) in [6.07, 6.45) is 5.88. The molecule has 6 heteroatoms. The minimum Gasteiger partial charge on any atom is -0.384 e. The van der Waals surface area contributed by atoms with E-state index in [0.717, 1.165) is 12.2 Å². The minimum absolute atomic E-state index is 0.167. The molecule has 2 atom stereocenters. The first-order valence-electron chi connectivity index (χ1n) is 7.93. The topological polar surface area (TPSA) is 60.2 Å². The number of carbonyl (C=O) groups excluding carboxylic acids is 1. The van der Waals surface area contributed by atoms with Crippen LogP contribution in [0.4, 0.5) is 0 Å². The summed E-state index contributed by atoms with van der Waals surface area (Å²) in [5.74, 6) is 0.702. The fourth-order valence-electron chi connectivity index (χ4n) is 3.19. The van der Waals surface area contributed by atoms with Gasteiger partial charge in [-0.05, 0) is 18.2 Å². The summed E-state index contributed by atoms with van der Waals surface area (Å²) in [5, 5.41) is 4.14. The zero-order valence-electron chi connectivity index (χ0n) is 13.3. The van der Waals surface area contributed by atoms with Crippen LogP contribution in [0.1, 0.15) is 18.0 Å². The van der Waals surface area contributed by atoms with Crippen LogP contribution in [0.2, 0.25) is 0 Å². The Bertz CT molecular complexity index is 615. The van der Waals surface area contributed by atoms with Crippen LogP contribution in [0.5, 0.6) is 0 Å². The van der Waals surface area contributed by atoms with Gasteiger partial charge in [0.15, 0.2) is 0 Å². The molecular formula is C17H22N4O2. The number of ether oxygens (including phenoxy) is 1. The molecule has 2 aromatic heterocycles. The number of nitrogens with zero attached hydrogens (tertiary/aromatic N) is 4. The number of methoxy groups -OCH3 is 1. The smallest absolute Gasteiger partial charge is 0.224 e. The number of rotatable bonds is 6. The molecule has 0 saturated carbocycles. The van der Waals surface area contributed by atoms with Crippen molar-refractivity contribution in [3.05, 3.63) is 48.5 Å². The predicted octanol–water partition coefficient (Wildman–Crippen LogP) is 1.56. The van der Waals surface area contributed by atoms with E-state index >= 15 is 0 Å². The van der Waals surface area contributed by atoms with Gasteiger partial charge in [-0.2, -0.15) is 5.10 Å². The maximum absolute atomic E-state index is 12.5. The number of hydrogen-bond acceptors (Lipinski definition) is 4. The fourth-order valence-corrected chi connectivity index (χ4v) is 3.19. The molecular weight excluding hydrogens is 292 g/mol. The third kappa shape index (κ3) is 3.76. The number of amides is 1. The quantitative estimate of drug-likeness (QED) is 0.812. The van der Waals surface area contributed by atoms with Gasteiger partial charge in [-0.15, -0.1) is 0 Å². The molecule has 3 rings (SSSR count). The van der Waals surface area contributed by atoms with Crippen molar-refractivity contribution in [2.75, 3.05) is 26.8 Å². The molecule has 0 bridgehead atoms. The van der Waals surface area contributed by atoms with Crippen LogP contribution in [0, 0.1) is 5.92 Å². The average Bonchev–Trinajstić information content (AvgIpc) is 3.23. The van der Waals surface area contributed by atoms with E-state index in [2.05, 4.69) is 10.1 Å². The number of likely N-dealkylation sites (tertiary alicyclic amines) is 1. The molecule has 0 N–H and O–H groups in total. The van der Waals surface area contributed by atoms with Gasteiger partial charge in [0.2, 0.25) is 5.91 Å². The number of hydrogen-bond donors (Lipinski definition) is 0. The van der Waals surface area contributed by atoms with Crippen molar-refractivity contribution in [3.63, 3.8) is 0 Å². The Labute approximate surface area is 136 Å². The maximum atomic E-state index is 12.5. The van der Waals surface area contributed by atoms with Gasteiger partial charge in [-0.25, -0.2) is 0 Å². The molecule has 1 aliphatic rings. The fraction of sp³-hybridized carbons (Fsp3) is 0.471. The van der Waals surface area contributed by atoms with E-state index in [1.807, 2.05) is 35.4 Å². The van der Waals surface area contributed by atoms with Gasteiger partial charge in [-0.3, -0.25) is 14.5 Å². The van der Waals surface area contributed by atoms with E-state index in [-0.39, 0.29) is 11.8 Å². The second kappa shape index (κ2) is 7.37. The van der Waals surface area contributed by atoms with E-state index in [1.54, 1.807) is 24.2 Å². The van der Waals surface area contributed by atoms with Crippen LogP contribution >= 0.6 is 0 Å². The summed E-state index contributed by atoms with van der Waals surface area (Å²) < 4.78 is 7.13. The van der Waals surface area contributed by atoms with E-state index in [9.17, 15) is 4.79 Å². The Balaban J connectivity index is 1.63. The molecule has 1 aliphatic heterocycles. The van der Waals surface area contributed by atoms with Crippen LogP contribution in [-0.2, 0) is 16.1 Å². The maximum Gasteiger partial charge on any atom is 0.224 e. The number of aryl methyl sites for hydroxylation is 1. The van der Waals surface area contributed by atoms with Gasteiger partial charge >= 0.3 is 0 Å². The zero-order chi connectivity index (χ0) is 16.1. The largest absolute Gasteiger partial charge is 0.384 e. The molecule has 0 aromatic carbocycles. The molecule has 1 saturated heterocycles. The van der Waals surface area contributed by atoms with E-state index in [1.165, 1.54) is 0 Å². The summed E-state index contributed by atoms with van der Waals surface area (Å²) in [4.78, 5) is 18.9. The van der Waals surface area contributed by atoms with Crippen molar-refractivity contribution in [3.8, 4) is 0 Å². The first kappa shape index (κ1) is 15.7. The second-order valence-electron chi connectivity index (χ2n) is 5.89. The lowest BCUT2D eigenvalue weighted by Gasteiger charge is -2.16. The van der Waals surface area contributed by atoms with Crippen LogP contribution in [0.3, 0.4) is 0 Å². The van der Waals surface area contributed by atoms with Crippen molar-refractivity contribution in [2.24, 2.45) is 5.92 Å². The molecule has 1 amide bonds. The van der Waals surface area contributed by atoms with Crippen LogP contribution < -0.4 is 0 Å². The second-order valence-corrected chi connectivity index (χ2v) is 5.89. The van der Waals surface area contributed by atoms with Gasteiger partial charge in [0.1, 0.15) is 0 Å². The van der Waals surface area contributed by atoms with Crippen LogP contribution in [0.25, 0.3) is 0 Å². The van der Waals surface area contributed by atoms with E-state index in [0.29, 0.717) is 32.0 Å². The summed E-state index contributed by atoms with van der Waals surface area (Å²) in [6.45, 7) is 2.70. The average molecular weight is 314 g/mol. The highest BCUT2D eigenvalue weighted by atomic mass is 16.5. The lowest BCUT2D eigenvalue weighted by molar-refractivity contribution is -0.130. The van der Waals surface area contributed by atoms with Crippen LogP contribution in [-0.4, -0.2) is 52.4 Å². The molecule has 0 unspecified atom stereocenters. The van der Waals surface area contributed by atoms with Crippen molar-refractivity contribution in [1.82, 2.24) is 19.7 Å². The molecule has 23 heavy (non-hydrogen) atoms. The summed E-state index contributed by atoms with van der Waals surface area (Å²) in [7, 11) is 1.71. The summed E-state index contributed by atoms with van der Waals surface area (Å²) >= 11 is 0. The molecule has 1 fully saturated rings. The third-order valence-corrected chi connectivity index (χ3v) is 4.36. The number of pyridine rings is 1. The highest BCUT2D eigenvalue weighted by molar-refractivity contribution is 5.76. The predicted molar refractivity (Wildman–Crippen MR) is 85.8 cm³/mol. The highest BCUT2D eigenvalue weighted by Gasteiger charge is 2.36. The van der Waals surface area contributed by atoms with Gasteiger partial charge in [0.05, 0.1) is 6.61 Å². The SMILES string of the molecule is COC[C@@H]1CN(C(=O)CCn2cccn2)C[C@H]1c1ccccn1. The highest BCUT2D eigenvalue weighted by Crippen LogP contribution is 2.32. The lowest BCUT2D eigenvalue weighted by Crippen LogP contribution is -2.30. The van der Waals surface area contributed by atoms with Gasteiger partial charge in [0, 0.05) is 69.3 Å². The Kier molecular flexibility index (Phi) is 5.02. The molecule has 3 heterocycles. The van der Waals surface area contributed by atoms with Crippen LogP contribution in [0.15, 0.2) is 42.9 Å². The standard InChI is InChI=1S/C17H22N4O2/c1-23-13-14-11-20(12-15(14)16-5-2-3-7-18-16)17(22)6-10-21-9-4-8-19-21/h2-5,7-9,14-15H,6,10-13H2,1H3/t14-,15+/m0/s1. The number of carbonyl (C=O) groups is 1. The zero-order valence-corrected chi connectivity index (χ0v) is 13.3. The van der Waals surface area contributed by atoms with Crippen molar-refractivity contribution in [1.29, 1.82) is 0 Å². The van der Waals surface area contributed by atoms with E-state index in [4.69, 9.17) is 4.74 Å². The summed E-state index contributed by atoms with van der Waals surface area (Å²) in [6, 6.07) is 7.81. The monoisotopic (exact) mass is 314 g/mol.